The van der Waals surface area contributed by atoms with Crippen molar-refractivity contribution in [3.05, 3.63) is 18.6 Å². The fourth-order valence-electron chi connectivity index (χ4n) is 1.25. The minimum atomic E-state index is 1.19. The quantitative estimate of drug-likeness (QED) is 0.368. The van der Waals surface area contributed by atoms with Gasteiger partial charge in [0.15, 0.2) is 0 Å². The molecule has 0 rings (SSSR count). The van der Waals surface area contributed by atoms with Crippen LogP contribution in [0.15, 0.2) is 12.2 Å². The van der Waals surface area contributed by atoms with Crippen LogP contribution in [0, 0.1) is 6.42 Å². The van der Waals surface area contributed by atoms with Crippen LogP contribution in [0.25, 0.3) is 0 Å². The lowest BCUT2D eigenvalue weighted by atomic mass is 10.1. The summed E-state index contributed by atoms with van der Waals surface area (Å²) in [6.07, 6.45) is 16.2. The molecule has 0 N–H and O–H groups in total. The van der Waals surface area contributed by atoms with Crippen molar-refractivity contribution < 1.29 is 0 Å². The van der Waals surface area contributed by atoms with E-state index >= 15 is 0 Å². The van der Waals surface area contributed by atoms with Gasteiger partial charge in [-0.3, -0.25) is 0 Å². The Morgan fingerprint density at radius 2 is 1.50 bits per heavy atom. The summed E-state index contributed by atoms with van der Waals surface area (Å²) >= 11 is 0. The molecule has 71 valence electrons. The Kier molecular flexibility index (Phi) is 10.5. The first kappa shape index (κ1) is 11.7. The molecule has 0 bridgehead atoms. The zero-order valence-electron chi connectivity index (χ0n) is 8.68. The fraction of sp³-hybridized carbons (Fsp3) is 0.750. The normalized spacial score (nSPS) is 11.2. The monoisotopic (exact) mass is 167 g/mol. The first-order valence-electron chi connectivity index (χ1n) is 5.34. The largest absolute Gasteiger partial charge is 0.0888 e. The average Bonchev–Trinajstić information content (AvgIpc) is 2.10. The van der Waals surface area contributed by atoms with Gasteiger partial charge < -0.3 is 0 Å². The Hall–Kier alpha value is -0.260. The van der Waals surface area contributed by atoms with Crippen molar-refractivity contribution in [2.45, 2.75) is 58.8 Å². The molecule has 12 heavy (non-hydrogen) atoms. The van der Waals surface area contributed by atoms with E-state index in [1.54, 1.807) is 0 Å². The van der Waals surface area contributed by atoms with E-state index in [0.29, 0.717) is 0 Å². The molecule has 0 aliphatic heterocycles. The first-order chi connectivity index (χ1) is 5.91. The smallest absolute Gasteiger partial charge is 0.0351 e. The molecule has 0 amide bonds. The molecule has 0 aliphatic carbocycles. The van der Waals surface area contributed by atoms with Gasteiger partial charge in [0, 0.05) is 0 Å². The van der Waals surface area contributed by atoms with Gasteiger partial charge >= 0.3 is 0 Å². The molecule has 0 heteroatoms. The third-order valence-corrected chi connectivity index (χ3v) is 2.02. The predicted octanol–water partition coefficient (Wildman–Crippen LogP) is 4.52. The SMILES string of the molecule is C[CH]CCCCCC/C=C/CC. The van der Waals surface area contributed by atoms with Crippen molar-refractivity contribution in [3.8, 4) is 0 Å². The molecule has 0 aromatic carbocycles. The fourth-order valence-corrected chi connectivity index (χ4v) is 1.25. The summed E-state index contributed by atoms with van der Waals surface area (Å²) in [5.74, 6) is 0. The van der Waals surface area contributed by atoms with Crippen molar-refractivity contribution in [1.82, 2.24) is 0 Å². The zero-order chi connectivity index (χ0) is 9.07. The maximum atomic E-state index is 2.31. The summed E-state index contributed by atoms with van der Waals surface area (Å²) in [5.41, 5.74) is 0. The highest BCUT2D eigenvalue weighted by molar-refractivity contribution is 4.79. The van der Waals surface area contributed by atoms with E-state index in [9.17, 15) is 0 Å². The summed E-state index contributed by atoms with van der Waals surface area (Å²) in [4.78, 5) is 0. The predicted molar refractivity (Wildman–Crippen MR) is 57.1 cm³/mol. The number of hydrogen-bond acceptors (Lipinski definition) is 0. The van der Waals surface area contributed by atoms with Crippen LogP contribution in [0.4, 0.5) is 0 Å². The molecule has 0 aromatic rings. The van der Waals surface area contributed by atoms with E-state index in [4.69, 9.17) is 0 Å². The highest BCUT2D eigenvalue weighted by Gasteiger charge is 1.87. The van der Waals surface area contributed by atoms with Crippen LogP contribution in [0.5, 0.6) is 0 Å². The average molecular weight is 167 g/mol. The highest BCUT2D eigenvalue weighted by Crippen LogP contribution is 2.06. The number of hydrogen-bond donors (Lipinski definition) is 0. The molecule has 0 spiro atoms. The standard InChI is InChI=1S/C12H23/c1-3-5-7-9-11-12-10-8-6-4-2/h3,6,8H,4-5,7,9-12H2,1-2H3/b8-6+. The Morgan fingerprint density at radius 3 is 2.08 bits per heavy atom. The molecule has 0 nitrogen and oxygen atoms in total. The van der Waals surface area contributed by atoms with Gasteiger partial charge in [-0.25, -0.2) is 0 Å². The van der Waals surface area contributed by atoms with Crippen molar-refractivity contribution in [1.29, 1.82) is 0 Å². The molecular formula is C12H23. The van der Waals surface area contributed by atoms with Crippen molar-refractivity contribution in [2.75, 3.05) is 0 Å². The lowest BCUT2D eigenvalue weighted by Gasteiger charge is -1.97. The van der Waals surface area contributed by atoms with E-state index in [2.05, 4.69) is 32.4 Å². The Labute approximate surface area is 78.1 Å². The van der Waals surface area contributed by atoms with Gasteiger partial charge in [0.2, 0.25) is 0 Å². The molecule has 0 saturated carbocycles. The Balaban J connectivity index is 2.86. The minimum Gasteiger partial charge on any atom is -0.0888 e. The second kappa shape index (κ2) is 10.7. The van der Waals surface area contributed by atoms with Crippen molar-refractivity contribution in [2.24, 2.45) is 0 Å². The molecule has 0 unspecified atom stereocenters. The molecule has 0 saturated heterocycles. The van der Waals surface area contributed by atoms with Crippen molar-refractivity contribution >= 4 is 0 Å². The van der Waals surface area contributed by atoms with Gasteiger partial charge in [-0.1, -0.05) is 51.7 Å². The lowest BCUT2D eigenvalue weighted by molar-refractivity contribution is 0.642. The Morgan fingerprint density at radius 1 is 0.833 bits per heavy atom. The summed E-state index contributed by atoms with van der Waals surface area (Å²) in [5, 5.41) is 0. The van der Waals surface area contributed by atoms with Gasteiger partial charge in [0.25, 0.3) is 0 Å². The Bertz CT molecular complexity index is 92.2. The summed E-state index contributed by atoms with van der Waals surface area (Å²) in [6.45, 7) is 4.33. The van der Waals surface area contributed by atoms with Crippen LogP contribution < -0.4 is 0 Å². The maximum Gasteiger partial charge on any atom is -0.0351 e. The molecule has 0 fully saturated rings. The molecule has 0 aliphatic rings. The highest BCUT2D eigenvalue weighted by atomic mass is 13.9. The van der Waals surface area contributed by atoms with E-state index in [1.807, 2.05) is 0 Å². The van der Waals surface area contributed by atoms with Crippen LogP contribution in [-0.4, -0.2) is 0 Å². The van der Waals surface area contributed by atoms with Crippen molar-refractivity contribution in [3.63, 3.8) is 0 Å². The maximum absolute atomic E-state index is 2.31. The topological polar surface area (TPSA) is 0 Å². The van der Waals surface area contributed by atoms with E-state index in [-0.39, 0.29) is 0 Å². The lowest BCUT2D eigenvalue weighted by Crippen LogP contribution is -1.77. The third-order valence-electron chi connectivity index (χ3n) is 2.02. The van der Waals surface area contributed by atoms with Gasteiger partial charge in [0.05, 0.1) is 0 Å². The molecular weight excluding hydrogens is 144 g/mol. The minimum absolute atomic E-state index is 1.19. The first-order valence-corrected chi connectivity index (χ1v) is 5.34. The summed E-state index contributed by atoms with van der Waals surface area (Å²) in [7, 11) is 0. The van der Waals surface area contributed by atoms with E-state index < -0.39 is 0 Å². The molecule has 0 aromatic heterocycles. The van der Waals surface area contributed by atoms with Crippen LogP contribution in [0.3, 0.4) is 0 Å². The number of rotatable bonds is 8. The molecule has 0 heterocycles. The third kappa shape index (κ3) is 9.74. The molecule has 1 radical (unpaired) electrons. The van der Waals surface area contributed by atoms with Crippen LogP contribution in [0.1, 0.15) is 58.8 Å². The van der Waals surface area contributed by atoms with E-state index in [0.717, 1.165) is 0 Å². The molecule has 0 atom stereocenters. The summed E-state index contributed by atoms with van der Waals surface area (Å²) in [6, 6.07) is 0. The second-order valence-corrected chi connectivity index (χ2v) is 3.28. The number of unbranched alkanes of at least 4 members (excludes halogenated alkanes) is 6. The van der Waals surface area contributed by atoms with Crippen LogP contribution >= 0.6 is 0 Å². The van der Waals surface area contributed by atoms with Gasteiger partial charge in [-0.05, 0) is 25.7 Å². The van der Waals surface area contributed by atoms with Crippen LogP contribution in [0.2, 0.25) is 0 Å². The van der Waals surface area contributed by atoms with E-state index in [1.165, 1.54) is 44.9 Å². The summed E-state index contributed by atoms with van der Waals surface area (Å²) < 4.78 is 0. The number of allylic oxidation sites excluding steroid dienone is 2. The van der Waals surface area contributed by atoms with Gasteiger partial charge in [-0.2, -0.15) is 0 Å². The second-order valence-electron chi connectivity index (χ2n) is 3.28. The van der Waals surface area contributed by atoms with Gasteiger partial charge in [0.1, 0.15) is 0 Å². The van der Waals surface area contributed by atoms with Gasteiger partial charge in [-0.15, -0.1) is 0 Å². The zero-order valence-corrected chi connectivity index (χ0v) is 8.68. The van der Waals surface area contributed by atoms with Crippen LogP contribution in [-0.2, 0) is 0 Å².